The molecule has 0 saturated carbocycles. The van der Waals surface area contributed by atoms with Crippen molar-refractivity contribution in [2.24, 2.45) is 5.14 Å². The molecule has 0 unspecified atom stereocenters. The zero-order valence-electron chi connectivity index (χ0n) is 14.9. The van der Waals surface area contributed by atoms with Crippen LogP contribution in [0.15, 0.2) is 58.3 Å². The Bertz CT molecular complexity index is 1010. The molecule has 0 aliphatic heterocycles. The number of benzene rings is 2. The van der Waals surface area contributed by atoms with Gasteiger partial charge in [-0.15, -0.1) is 0 Å². The Morgan fingerprint density at radius 1 is 0.889 bits per heavy atom. The minimum absolute atomic E-state index is 0.0926. The molecule has 10 heteroatoms. The van der Waals surface area contributed by atoms with Gasteiger partial charge < -0.3 is 5.32 Å². The van der Waals surface area contributed by atoms with E-state index < -0.39 is 26.0 Å². The molecule has 0 aliphatic carbocycles. The van der Waals surface area contributed by atoms with E-state index in [0.717, 1.165) is 0 Å². The highest BCUT2D eigenvalue weighted by molar-refractivity contribution is 7.89. The number of hydrogen-bond acceptors (Lipinski definition) is 5. The monoisotopic (exact) mass is 411 g/mol. The molecule has 0 atom stereocenters. The van der Waals surface area contributed by atoms with Gasteiger partial charge in [-0.25, -0.2) is 22.0 Å². The molecule has 0 aliphatic rings. The number of carbonyl (C=O) groups is 1. The number of nitrogens with two attached hydrogens (primary N) is 1. The van der Waals surface area contributed by atoms with Gasteiger partial charge in [0.15, 0.2) is 0 Å². The van der Waals surface area contributed by atoms with Gasteiger partial charge in [-0.1, -0.05) is 13.8 Å². The number of sulfonamides is 2. The third-order valence-electron chi connectivity index (χ3n) is 3.90. The molecule has 27 heavy (non-hydrogen) atoms. The lowest BCUT2D eigenvalue weighted by molar-refractivity contribution is 0.102. The molecule has 0 radical (unpaired) electrons. The maximum Gasteiger partial charge on any atom is 0.255 e. The van der Waals surface area contributed by atoms with Crippen LogP contribution in [-0.2, 0) is 20.0 Å². The Hall–Kier alpha value is -2.27. The molecule has 2 aromatic rings. The smallest absolute Gasteiger partial charge is 0.255 e. The fraction of sp³-hybridized carbons (Fsp3) is 0.235. The summed E-state index contributed by atoms with van der Waals surface area (Å²) in [5, 5.41) is 7.64. The minimum atomic E-state index is -3.83. The van der Waals surface area contributed by atoms with Crippen LogP contribution in [0.25, 0.3) is 0 Å². The van der Waals surface area contributed by atoms with Gasteiger partial charge >= 0.3 is 0 Å². The van der Waals surface area contributed by atoms with Crippen molar-refractivity contribution >= 4 is 31.6 Å². The molecular formula is C17H21N3O5S2. The van der Waals surface area contributed by atoms with Crippen molar-refractivity contribution in [1.29, 1.82) is 0 Å². The summed E-state index contributed by atoms with van der Waals surface area (Å²) in [7, 11) is -7.39. The van der Waals surface area contributed by atoms with Crippen LogP contribution in [0.2, 0.25) is 0 Å². The number of amides is 1. The van der Waals surface area contributed by atoms with E-state index >= 15 is 0 Å². The highest BCUT2D eigenvalue weighted by Crippen LogP contribution is 2.19. The fourth-order valence-electron chi connectivity index (χ4n) is 2.42. The van der Waals surface area contributed by atoms with Gasteiger partial charge in [-0.2, -0.15) is 4.31 Å². The third kappa shape index (κ3) is 4.92. The van der Waals surface area contributed by atoms with Crippen LogP contribution < -0.4 is 10.5 Å². The van der Waals surface area contributed by atoms with Gasteiger partial charge in [-0.05, 0) is 48.5 Å². The topological polar surface area (TPSA) is 127 Å². The van der Waals surface area contributed by atoms with Gasteiger partial charge in [0.25, 0.3) is 5.91 Å². The number of rotatable bonds is 7. The fourth-order valence-corrected chi connectivity index (χ4v) is 4.40. The van der Waals surface area contributed by atoms with E-state index in [1.165, 1.54) is 52.8 Å². The second kappa shape index (κ2) is 8.17. The van der Waals surface area contributed by atoms with Crippen molar-refractivity contribution in [2.75, 3.05) is 18.4 Å². The first-order chi connectivity index (χ1) is 12.6. The second-order valence-corrected chi connectivity index (χ2v) is 9.14. The molecule has 2 aromatic carbocycles. The predicted octanol–water partition coefficient (Wildman–Crippen LogP) is 1.62. The van der Waals surface area contributed by atoms with Crippen molar-refractivity contribution in [3.63, 3.8) is 0 Å². The molecule has 1 amide bonds. The van der Waals surface area contributed by atoms with Crippen LogP contribution in [0.5, 0.6) is 0 Å². The SMILES string of the molecule is CCN(CC)S(=O)(=O)c1ccc(NC(=O)c2ccc(S(N)(=O)=O)cc2)cc1. The standard InChI is InChI=1S/C17H21N3O5S2/c1-3-20(4-2)27(24,25)16-11-7-14(8-12-16)19-17(21)13-5-9-15(10-6-13)26(18,22)23/h5-12H,3-4H2,1-2H3,(H,19,21)(H2,18,22,23). The van der Waals surface area contributed by atoms with Gasteiger partial charge in [-0.3, -0.25) is 4.79 Å². The molecule has 8 nitrogen and oxygen atoms in total. The number of nitrogens with one attached hydrogen (secondary N) is 1. The first-order valence-corrected chi connectivity index (χ1v) is 11.1. The van der Waals surface area contributed by atoms with Crippen molar-refractivity contribution in [2.45, 2.75) is 23.6 Å². The lowest BCUT2D eigenvalue weighted by atomic mass is 10.2. The molecule has 0 fully saturated rings. The second-order valence-electron chi connectivity index (χ2n) is 5.64. The summed E-state index contributed by atoms with van der Waals surface area (Å²) >= 11 is 0. The first-order valence-electron chi connectivity index (χ1n) is 8.14. The van der Waals surface area contributed by atoms with E-state index in [1.54, 1.807) is 13.8 Å². The average molecular weight is 412 g/mol. The Labute approximate surface area is 159 Å². The largest absolute Gasteiger partial charge is 0.322 e. The van der Waals surface area contributed by atoms with Gasteiger partial charge in [0.2, 0.25) is 20.0 Å². The van der Waals surface area contributed by atoms with E-state index in [1.807, 2.05) is 0 Å². The number of carbonyl (C=O) groups excluding carboxylic acids is 1. The molecule has 2 rings (SSSR count). The van der Waals surface area contributed by atoms with E-state index in [-0.39, 0.29) is 15.4 Å². The van der Waals surface area contributed by atoms with E-state index in [4.69, 9.17) is 5.14 Å². The summed E-state index contributed by atoms with van der Waals surface area (Å²) in [6.45, 7) is 4.26. The van der Waals surface area contributed by atoms with Gasteiger partial charge in [0.05, 0.1) is 9.79 Å². The summed E-state index contributed by atoms with van der Waals surface area (Å²) in [5.41, 5.74) is 0.649. The molecular weight excluding hydrogens is 390 g/mol. The van der Waals surface area contributed by atoms with Crippen LogP contribution in [0.3, 0.4) is 0 Å². The lowest BCUT2D eigenvalue weighted by Gasteiger charge is -2.18. The van der Waals surface area contributed by atoms with Crippen molar-refractivity contribution in [3.8, 4) is 0 Å². The molecule has 0 spiro atoms. The van der Waals surface area contributed by atoms with Crippen molar-refractivity contribution < 1.29 is 21.6 Å². The van der Waals surface area contributed by atoms with Crippen LogP contribution in [-0.4, -0.2) is 40.1 Å². The van der Waals surface area contributed by atoms with Gasteiger partial charge in [0, 0.05) is 24.3 Å². The number of anilines is 1. The number of hydrogen-bond donors (Lipinski definition) is 2. The zero-order valence-corrected chi connectivity index (χ0v) is 16.5. The molecule has 146 valence electrons. The minimum Gasteiger partial charge on any atom is -0.322 e. The molecule has 0 heterocycles. The Kier molecular flexibility index (Phi) is 6.37. The molecule has 0 saturated heterocycles. The van der Waals surface area contributed by atoms with E-state index in [0.29, 0.717) is 18.8 Å². The van der Waals surface area contributed by atoms with Crippen LogP contribution in [0.4, 0.5) is 5.69 Å². The summed E-state index contributed by atoms with van der Waals surface area (Å²) in [4.78, 5) is 12.3. The molecule has 0 aromatic heterocycles. The summed E-state index contributed by atoms with van der Waals surface area (Å²) < 4.78 is 48.7. The quantitative estimate of drug-likeness (QED) is 0.716. The molecule has 0 bridgehead atoms. The highest BCUT2D eigenvalue weighted by atomic mass is 32.2. The maximum absolute atomic E-state index is 12.4. The summed E-state index contributed by atoms with van der Waals surface area (Å²) in [6.07, 6.45) is 0. The number of primary sulfonamides is 1. The molecule has 3 N–H and O–H groups in total. The Morgan fingerprint density at radius 3 is 1.81 bits per heavy atom. The lowest BCUT2D eigenvalue weighted by Crippen LogP contribution is -2.30. The van der Waals surface area contributed by atoms with Crippen molar-refractivity contribution in [1.82, 2.24) is 4.31 Å². The highest BCUT2D eigenvalue weighted by Gasteiger charge is 2.21. The normalized spacial score (nSPS) is 12.1. The maximum atomic E-state index is 12.4. The first kappa shape index (κ1) is 21.0. The summed E-state index contributed by atoms with van der Waals surface area (Å²) in [6, 6.07) is 11.0. The summed E-state index contributed by atoms with van der Waals surface area (Å²) in [5.74, 6) is -0.463. The van der Waals surface area contributed by atoms with Crippen molar-refractivity contribution in [3.05, 3.63) is 54.1 Å². The van der Waals surface area contributed by atoms with Gasteiger partial charge in [0.1, 0.15) is 0 Å². The van der Waals surface area contributed by atoms with E-state index in [9.17, 15) is 21.6 Å². The van der Waals surface area contributed by atoms with Crippen LogP contribution >= 0.6 is 0 Å². The number of nitrogens with zero attached hydrogens (tertiary/aromatic N) is 1. The predicted molar refractivity (Wildman–Crippen MR) is 102 cm³/mol. The third-order valence-corrected chi connectivity index (χ3v) is 6.89. The zero-order chi connectivity index (χ0) is 20.2. The Balaban J connectivity index is 2.16. The van der Waals surface area contributed by atoms with Crippen LogP contribution in [0.1, 0.15) is 24.2 Å². The Morgan fingerprint density at radius 2 is 1.37 bits per heavy atom. The van der Waals surface area contributed by atoms with E-state index in [2.05, 4.69) is 5.32 Å². The average Bonchev–Trinajstić information content (AvgIpc) is 2.62. The van der Waals surface area contributed by atoms with Crippen LogP contribution in [0, 0.1) is 0 Å².